The molecule has 11 heteroatoms. The van der Waals surface area contributed by atoms with Gasteiger partial charge < -0.3 is 4.74 Å². The zero-order chi connectivity index (χ0) is 24.4. The molecular weight excluding hydrogens is 539 g/mol. The highest BCUT2D eigenvalue weighted by atomic mass is 35.5. The summed E-state index contributed by atoms with van der Waals surface area (Å²) in [6.45, 7) is 0.0631. The molecule has 6 nitrogen and oxygen atoms in total. The number of hydrogen-bond acceptors (Lipinski definition) is 6. The summed E-state index contributed by atoms with van der Waals surface area (Å²) in [6, 6.07) is 16.3. The number of nitro groups is 1. The highest BCUT2D eigenvalue weighted by molar-refractivity contribution is 8.27. The second-order valence-electron chi connectivity index (χ2n) is 6.99. The predicted octanol–water partition coefficient (Wildman–Crippen LogP) is 7.54. The van der Waals surface area contributed by atoms with Gasteiger partial charge in [0.25, 0.3) is 5.91 Å². The number of halogens is 3. The van der Waals surface area contributed by atoms with Crippen LogP contribution in [0.1, 0.15) is 11.1 Å². The molecule has 1 amide bonds. The maximum absolute atomic E-state index is 13.0. The van der Waals surface area contributed by atoms with Crippen molar-refractivity contribution in [2.45, 2.75) is 6.61 Å². The first kappa shape index (κ1) is 24.5. The molecule has 3 aromatic rings. The second-order valence-corrected chi connectivity index (χ2v) is 9.89. The second kappa shape index (κ2) is 10.3. The number of thioether (sulfide) groups is 1. The van der Waals surface area contributed by atoms with Crippen molar-refractivity contribution >= 4 is 86.5 Å². The molecule has 0 radical (unpaired) electrons. The Labute approximate surface area is 219 Å². The Morgan fingerprint density at radius 2 is 1.79 bits per heavy atom. The molecule has 1 heterocycles. The van der Waals surface area contributed by atoms with E-state index in [1.54, 1.807) is 54.6 Å². The van der Waals surface area contributed by atoms with Gasteiger partial charge in [-0.1, -0.05) is 83.0 Å². The van der Waals surface area contributed by atoms with Crippen molar-refractivity contribution in [3.8, 4) is 5.75 Å². The van der Waals surface area contributed by atoms with Gasteiger partial charge >= 0.3 is 5.69 Å². The van der Waals surface area contributed by atoms with Crippen LogP contribution in [0.5, 0.6) is 5.75 Å². The Morgan fingerprint density at radius 1 is 1.03 bits per heavy atom. The third-order valence-electron chi connectivity index (χ3n) is 4.74. The minimum atomic E-state index is -0.545. The first-order valence-corrected chi connectivity index (χ1v) is 12.0. The molecule has 0 unspecified atom stereocenters. The monoisotopic (exact) mass is 550 g/mol. The average molecular weight is 552 g/mol. The van der Waals surface area contributed by atoms with Crippen molar-refractivity contribution in [1.29, 1.82) is 0 Å². The van der Waals surface area contributed by atoms with Crippen molar-refractivity contribution in [3.05, 3.63) is 102 Å². The third kappa shape index (κ3) is 5.21. The molecule has 0 N–H and O–H groups in total. The van der Waals surface area contributed by atoms with Gasteiger partial charge in [0, 0.05) is 6.07 Å². The molecule has 3 aromatic carbocycles. The Kier molecular flexibility index (Phi) is 7.45. The van der Waals surface area contributed by atoms with Crippen molar-refractivity contribution in [1.82, 2.24) is 0 Å². The lowest BCUT2D eigenvalue weighted by molar-refractivity contribution is -0.386. The van der Waals surface area contributed by atoms with Gasteiger partial charge in [0.05, 0.1) is 30.6 Å². The number of benzene rings is 3. The van der Waals surface area contributed by atoms with Crippen molar-refractivity contribution in [2.75, 3.05) is 4.90 Å². The highest BCUT2D eigenvalue weighted by Gasteiger charge is 2.34. The zero-order valence-electron chi connectivity index (χ0n) is 17.0. The molecule has 0 saturated carbocycles. The van der Waals surface area contributed by atoms with E-state index in [0.29, 0.717) is 41.1 Å². The molecule has 1 aliphatic heterocycles. The van der Waals surface area contributed by atoms with E-state index in [1.807, 2.05) is 0 Å². The van der Waals surface area contributed by atoms with Gasteiger partial charge in [-0.25, -0.2) is 0 Å². The first-order valence-electron chi connectivity index (χ1n) is 9.62. The van der Waals surface area contributed by atoms with Gasteiger partial charge in [-0.3, -0.25) is 19.8 Å². The summed E-state index contributed by atoms with van der Waals surface area (Å²) in [4.78, 5) is 25.8. The quantitative estimate of drug-likeness (QED) is 0.136. The topological polar surface area (TPSA) is 72.7 Å². The summed E-state index contributed by atoms with van der Waals surface area (Å²) in [5.41, 5.74) is 1.40. The summed E-state index contributed by atoms with van der Waals surface area (Å²) in [5, 5.41) is 12.8. The largest absolute Gasteiger partial charge is 0.482 e. The van der Waals surface area contributed by atoms with Crippen LogP contribution in [0.15, 0.2) is 65.6 Å². The lowest BCUT2D eigenvalue weighted by Gasteiger charge is -2.15. The van der Waals surface area contributed by atoms with E-state index in [0.717, 1.165) is 11.8 Å². The number of carbonyl (C=O) groups is 1. The van der Waals surface area contributed by atoms with E-state index < -0.39 is 4.92 Å². The smallest absolute Gasteiger partial charge is 0.311 e. The molecule has 172 valence electrons. The summed E-state index contributed by atoms with van der Waals surface area (Å²) >= 11 is 24.6. The molecule has 34 heavy (non-hydrogen) atoms. The fourth-order valence-electron chi connectivity index (χ4n) is 3.14. The Hall–Kier alpha value is -2.62. The third-order valence-corrected chi connectivity index (χ3v) is 7.10. The van der Waals surface area contributed by atoms with Crippen LogP contribution in [0.3, 0.4) is 0 Å². The number of para-hydroxylation sites is 1. The van der Waals surface area contributed by atoms with Gasteiger partial charge in [0.1, 0.15) is 6.61 Å². The number of hydrogen-bond donors (Lipinski definition) is 0. The summed E-state index contributed by atoms with van der Waals surface area (Å²) in [7, 11) is 0. The number of nitrogens with zero attached hydrogens (tertiary/aromatic N) is 2. The Balaban J connectivity index is 1.58. The maximum atomic E-state index is 13.0. The van der Waals surface area contributed by atoms with Crippen molar-refractivity contribution in [3.63, 3.8) is 0 Å². The van der Waals surface area contributed by atoms with Crippen LogP contribution >= 0.6 is 58.8 Å². The molecule has 1 fully saturated rings. The minimum absolute atomic E-state index is 0.0631. The van der Waals surface area contributed by atoms with Gasteiger partial charge in [-0.2, -0.15) is 0 Å². The van der Waals surface area contributed by atoms with Crippen LogP contribution in [-0.2, 0) is 11.4 Å². The number of carbonyl (C=O) groups excluding carboxylic acids is 1. The number of amides is 1. The fourth-order valence-corrected chi connectivity index (χ4v) is 4.97. The Morgan fingerprint density at radius 3 is 2.50 bits per heavy atom. The number of rotatable bonds is 6. The molecule has 0 atom stereocenters. The highest BCUT2D eigenvalue weighted by Crippen LogP contribution is 2.39. The number of nitro benzene ring substituents is 1. The van der Waals surface area contributed by atoms with Gasteiger partial charge in [0.15, 0.2) is 10.1 Å². The van der Waals surface area contributed by atoms with Crippen molar-refractivity contribution < 1.29 is 14.5 Å². The van der Waals surface area contributed by atoms with E-state index in [2.05, 4.69) is 0 Å². The SMILES string of the molecule is O=C1C(=Cc2ccc(OCc3ccc(Cl)c(Cl)c3)c([N+](=O)[O-])c2)SC(=S)N1c1ccccc1Cl. The molecule has 1 saturated heterocycles. The summed E-state index contributed by atoms with van der Waals surface area (Å²) < 4.78 is 5.97. The lowest BCUT2D eigenvalue weighted by Crippen LogP contribution is -2.27. The van der Waals surface area contributed by atoms with Crippen LogP contribution in [-0.4, -0.2) is 15.2 Å². The maximum Gasteiger partial charge on any atom is 0.311 e. The van der Waals surface area contributed by atoms with Gasteiger partial charge in [-0.15, -0.1) is 0 Å². The number of anilines is 1. The van der Waals surface area contributed by atoms with E-state index in [9.17, 15) is 14.9 Å². The molecular formula is C23H13Cl3N2O4S2. The van der Waals surface area contributed by atoms with E-state index in [-0.39, 0.29) is 24.0 Å². The first-order chi connectivity index (χ1) is 16.2. The van der Waals surface area contributed by atoms with Crippen LogP contribution in [0.25, 0.3) is 6.08 Å². The predicted molar refractivity (Wildman–Crippen MR) is 141 cm³/mol. The number of ether oxygens (including phenoxy) is 1. The molecule has 4 rings (SSSR count). The van der Waals surface area contributed by atoms with Crippen LogP contribution in [0, 0.1) is 10.1 Å². The fraction of sp³-hybridized carbons (Fsp3) is 0.0435. The minimum Gasteiger partial charge on any atom is -0.482 e. The zero-order valence-corrected chi connectivity index (χ0v) is 20.9. The van der Waals surface area contributed by atoms with E-state index >= 15 is 0 Å². The summed E-state index contributed by atoms with van der Waals surface area (Å²) in [6.07, 6.45) is 1.55. The Bertz CT molecular complexity index is 1360. The molecule has 0 aromatic heterocycles. The lowest BCUT2D eigenvalue weighted by atomic mass is 10.1. The normalized spacial score (nSPS) is 14.7. The van der Waals surface area contributed by atoms with Crippen molar-refractivity contribution in [2.24, 2.45) is 0 Å². The molecule has 0 bridgehead atoms. The molecule has 1 aliphatic rings. The number of thiocarbonyl (C=S) groups is 1. The standard InChI is InChI=1S/C23H13Cl3N2O4S2/c24-15-7-5-14(9-17(15)26)12-32-20-8-6-13(10-19(20)28(30)31)11-21-22(29)27(23(33)34-21)18-4-2-1-3-16(18)25/h1-11H,12H2. The summed E-state index contributed by atoms with van der Waals surface area (Å²) in [5.74, 6) is -0.275. The van der Waals surface area contributed by atoms with Crippen LogP contribution in [0.4, 0.5) is 11.4 Å². The van der Waals surface area contributed by atoms with E-state index in [1.165, 1.54) is 17.0 Å². The van der Waals surface area contributed by atoms with Crippen LogP contribution in [0.2, 0.25) is 15.1 Å². The van der Waals surface area contributed by atoms with Gasteiger partial charge in [-0.05, 0) is 47.5 Å². The van der Waals surface area contributed by atoms with E-state index in [4.69, 9.17) is 51.8 Å². The van der Waals surface area contributed by atoms with Crippen LogP contribution < -0.4 is 9.64 Å². The molecule has 0 aliphatic carbocycles. The molecule has 0 spiro atoms. The van der Waals surface area contributed by atoms with Gasteiger partial charge in [0.2, 0.25) is 0 Å². The average Bonchev–Trinajstić information content (AvgIpc) is 3.08.